The van der Waals surface area contributed by atoms with Crippen LogP contribution in [0.15, 0.2) is 16.6 Å². The average Bonchev–Trinajstić information content (AvgIpc) is 2.04. The van der Waals surface area contributed by atoms with Crippen LogP contribution in [-0.4, -0.2) is 11.2 Å². The molecule has 0 bridgehead atoms. The van der Waals surface area contributed by atoms with Crippen molar-refractivity contribution >= 4 is 27.9 Å². The fraction of sp³-hybridized carbons (Fsp3) is 0.125. The Balaban J connectivity index is 3.47. The van der Waals surface area contributed by atoms with E-state index in [0.717, 1.165) is 0 Å². The number of carbonyl (C=O) groups excluding carboxylic acids is 1. The van der Waals surface area contributed by atoms with Gasteiger partial charge in [0.15, 0.2) is 6.29 Å². The topological polar surface area (TPSA) is 60.2 Å². The Kier molecular flexibility index (Phi) is 2.77. The van der Waals surface area contributed by atoms with Gasteiger partial charge in [-0.25, -0.2) is 0 Å². The van der Waals surface area contributed by atoms with E-state index < -0.39 is 4.92 Å². The minimum atomic E-state index is -0.508. The maximum atomic E-state index is 10.6. The van der Waals surface area contributed by atoms with Crippen molar-refractivity contribution in [3.05, 3.63) is 37.8 Å². The van der Waals surface area contributed by atoms with Crippen molar-refractivity contribution in [3.8, 4) is 0 Å². The molecule has 0 aliphatic heterocycles. The number of nitro benzene ring substituents is 1. The lowest BCUT2D eigenvalue weighted by Crippen LogP contribution is -1.95. The Morgan fingerprint density at radius 1 is 1.54 bits per heavy atom. The van der Waals surface area contributed by atoms with Gasteiger partial charge in [0.25, 0.3) is 5.69 Å². The minimum Gasteiger partial charge on any atom is -0.298 e. The number of hydrogen-bond acceptors (Lipinski definition) is 3. The summed E-state index contributed by atoms with van der Waals surface area (Å²) < 4.78 is 0.243. The van der Waals surface area contributed by atoms with E-state index in [1.165, 1.54) is 0 Å². The number of aryl methyl sites for hydroxylation is 1. The summed E-state index contributed by atoms with van der Waals surface area (Å²) in [5.41, 5.74) is 0.768. The second kappa shape index (κ2) is 3.66. The first-order valence-corrected chi connectivity index (χ1v) is 4.26. The van der Waals surface area contributed by atoms with E-state index in [0.29, 0.717) is 11.8 Å². The Morgan fingerprint density at radius 3 is 2.62 bits per heavy atom. The second-order valence-corrected chi connectivity index (χ2v) is 3.30. The van der Waals surface area contributed by atoms with Crippen molar-refractivity contribution in [2.24, 2.45) is 0 Å². The van der Waals surface area contributed by atoms with Crippen LogP contribution in [0.5, 0.6) is 0 Å². The molecule has 0 aliphatic carbocycles. The third-order valence-electron chi connectivity index (χ3n) is 1.66. The lowest BCUT2D eigenvalue weighted by Gasteiger charge is -2.00. The molecule has 1 aromatic carbocycles. The summed E-state index contributed by atoms with van der Waals surface area (Å²) in [6.45, 7) is 1.62. The molecule has 0 atom stereocenters. The van der Waals surface area contributed by atoms with Crippen LogP contribution in [-0.2, 0) is 0 Å². The van der Waals surface area contributed by atoms with E-state index in [9.17, 15) is 14.9 Å². The Labute approximate surface area is 82.8 Å². The third-order valence-corrected chi connectivity index (χ3v) is 2.49. The van der Waals surface area contributed by atoms with Gasteiger partial charge in [-0.2, -0.15) is 0 Å². The normalized spacial score (nSPS) is 9.69. The van der Waals surface area contributed by atoms with Crippen LogP contribution >= 0.6 is 15.9 Å². The molecule has 0 N–H and O–H groups in total. The minimum absolute atomic E-state index is 0.0513. The third kappa shape index (κ3) is 1.75. The van der Waals surface area contributed by atoms with Gasteiger partial charge in [0.1, 0.15) is 4.47 Å². The number of benzene rings is 1. The van der Waals surface area contributed by atoms with Gasteiger partial charge >= 0.3 is 0 Å². The Bertz CT molecular complexity index is 376. The van der Waals surface area contributed by atoms with E-state index in [1.54, 1.807) is 19.1 Å². The van der Waals surface area contributed by atoms with E-state index in [4.69, 9.17) is 0 Å². The Morgan fingerprint density at radius 2 is 2.15 bits per heavy atom. The molecule has 0 aliphatic rings. The molecule has 1 rings (SSSR count). The molecule has 13 heavy (non-hydrogen) atoms. The molecule has 68 valence electrons. The zero-order valence-electron chi connectivity index (χ0n) is 6.78. The lowest BCUT2D eigenvalue weighted by atomic mass is 10.1. The smallest absolute Gasteiger partial charge is 0.287 e. The number of rotatable bonds is 2. The van der Waals surface area contributed by atoms with Gasteiger partial charge in [0.05, 0.1) is 4.92 Å². The molecule has 1 aromatic rings. The maximum absolute atomic E-state index is 10.6. The summed E-state index contributed by atoms with van der Waals surface area (Å²) >= 11 is 3.02. The van der Waals surface area contributed by atoms with Gasteiger partial charge in [0.2, 0.25) is 0 Å². The Hall–Kier alpha value is -1.23. The van der Waals surface area contributed by atoms with Gasteiger partial charge in [-0.05, 0) is 28.9 Å². The van der Waals surface area contributed by atoms with Crippen molar-refractivity contribution in [1.82, 2.24) is 0 Å². The van der Waals surface area contributed by atoms with Gasteiger partial charge in [-0.3, -0.25) is 14.9 Å². The first-order valence-electron chi connectivity index (χ1n) is 3.46. The molecule has 0 heterocycles. The first kappa shape index (κ1) is 9.85. The fourth-order valence-corrected chi connectivity index (χ4v) is 1.67. The molecule has 0 saturated heterocycles. The quantitative estimate of drug-likeness (QED) is 0.456. The summed E-state index contributed by atoms with van der Waals surface area (Å²) in [6.07, 6.45) is 0.580. The zero-order valence-corrected chi connectivity index (χ0v) is 8.37. The van der Waals surface area contributed by atoms with Crippen LogP contribution in [0.25, 0.3) is 0 Å². The van der Waals surface area contributed by atoms with Crippen LogP contribution < -0.4 is 0 Å². The van der Waals surface area contributed by atoms with Crippen LogP contribution in [0.2, 0.25) is 0 Å². The van der Waals surface area contributed by atoms with Crippen molar-refractivity contribution in [2.45, 2.75) is 6.92 Å². The summed E-state index contributed by atoms with van der Waals surface area (Å²) in [6, 6.07) is 3.09. The molecule has 0 fully saturated rings. The number of halogens is 1. The molecule has 0 aromatic heterocycles. The number of nitrogens with zero attached hydrogens (tertiary/aromatic N) is 1. The zero-order chi connectivity index (χ0) is 10.0. The van der Waals surface area contributed by atoms with Crippen LogP contribution in [0.1, 0.15) is 15.9 Å². The first-order chi connectivity index (χ1) is 6.07. The summed E-state index contributed by atoms with van der Waals surface area (Å²) in [5, 5.41) is 10.6. The van der Waals surface area contributed by atoms with Gasteiger partial charge in [-0.1, -0.05) is 6.07 Å². The van der Waals surface area contributed by atoms with Crippen molar-refractivity contribution < 1.29 is 9.72 Å². The fourth-order valence-electron chi connectivity index (χ4n) is 0.992. The van der Waals surface area contributed by atoms with Crippen LogP contribution in [0, 0.1) is 17.0 Å². The number of carbonyl (C=O) groups is 1. The standard InChI is InChI=1S/C8H6BrNO3/c1-5-2-3-6(4-11)7(9)8(5)10(12)13/h2-4H,1H3. The highest BCUT2D eigenvalue weighted by Gasteiger charge is 2.18. The molecule has 0 radical (unpaired) electrons. The summed E-state index contributed by atoms with van der Waals surface area (Å²) in [5.74, 6) is 0. The predicted molar refractivity (Wildman–Crippen MR) is 50.9 cm³/mol. The van der Waals surface area contributed by atoms with Crippen molar-refractivity contribution in [2.75, 3.05) is 0 Å². The molecule has 5 heteroatoms. The van der Waals surface area contributed by atoms with E-state index in [2.05, 4.69) is 15.9 Å². The predicted octanol–water partition coefficient (Wildman–Crippen LogP) is 2.48. The molecule has 0 spiro atoms. The van der Waals surface area contributed by atoms with Gasteiger partial charge in [0, 0.05) is 11.1 Å². The molecule has 0 unspecified atom stereocenters. The number of hydrogen-bond donors (Lipinski definition) is 0. The van der Waals surface area contributed by atoms with Gasteiger partial charge < -0.3 is 0 Å². The molecular weight excluding hydrogens is 238 g/mol. The highest BCUT2D eigenvalue weighted by molar-refractivity contribution is 9.10. The monoisotopic (exact) mass is 243 g/mol. The average molecular weight is 244 g/mol. The van der Waals surface area contributed by atoms with Gasteiger partial charge in [-0.15, -0.1) is 0 Å². The van der Waals surface area contributed by atoms with Crippen molar-refractivity contribution in [3.63, 3.8) is 0 Å². The number of nitro groups is 1. The van der Waals surface area contributed by atoms with E-state index in [1.807, 2.05) is 0 Å². The van der Waals surface area contributed by atoms with Crippen LogP contribution in [0.3, 0.4) is 0 Å². The SMILES string of the molecule is Cc1ccc(C=O)c(Br)c1[N+](=O)[O-]. The lowest BCUT2D eigenvalue weighted by molar-refractivity contribution is -0.386. The molecule has 4 nitrogen and oxygen atoms in total. The van der Waals surface area contributed by atoms with Crippen LogP contribution in [0.4, 0.5) is 5.69 Å². The summed E-state index contributed by atoms with van der Waals surface area (Å²) in [7, 11) is 0. The molecule has 0 saturated carbocycles. The van der Waals surface area contributed by atoms with E-state index in [-0.39, 0.29) is 15.7 Å². The summed E-state index contributed by atoms with van der Waals surface area (Å²) in [4.78, 5) is 20.5. The molecule has 0 amide bonds. The van der Waals surface area contributed by atoms with Crippen molar-refractivity contribution in [1.29, 1.82) is 0 Å². The number of aldehydes is 1. The highest BCUT2D eigenvalue weighted by Crippen LogP contribution is 2.30. The maximum Gasteiger partial charge on any atom is 0.287 e. The molecular formula is C8H6BrNO3. The highest BCUT2D eigenvalue weighted by atomic mass is 79.9. The van der Waals surface area contributed by atoms with E-state index >= 15 is 0 Å². The second-order valence-electron chi connectivity index (χ2n) is 2.51. The largest absolute Gasteiger partial charge is 0.298 e.